The topological polar surface area (TPSA) is 38.9 Å². The Kier molecular flexibility index (Phi) is 1.88. The Morgan fingerprint density at radius 1 is 1.21 bits per heavy atom. The number of anilines is 1. The zero-order valence-electron chi connectivity index (χ0n) is 8.13. The second kappa shape index (κ2) is 2.94. The van der Waals surface area contributed by atoms with Crippen LogP contribution in [-0.4, -0.2) is 4.98 Å². The van der Waals surface area contributed by atoms with Gasteiger partial charge in [0.25, 0.3) is 0 Å². The third kappa shape index (κ3) is 1.31. The second-order valence-electron chi connectivity index (χ2n) is 3.51. The van der Waals surface area contributed by atoms with E-state index < -0.39 is 0 Å². The van der Waals surface area contributed by atoms with Crippen molar-refractivity contribution in [3.8, 4) is 0 Å². The van der Waals surface area contributed by atoms with Crippen LogP contribution in [0.5, 0.6) is 0 Å². The van der Waals surface area contributed by atoms with Crippen molar-refractivity contribution >= 4 is 16.7 Å². The van der Waals surface area contributed by atoms with Crippen LogP contribution in [0.2, 0.25) is 0 Å². The summed E-state index contributed by atoms with van der Waals surface area (Å²) in [7, 11) is 0. The molecule has 14 heavy (non-hydrogen) atoms. The Balaban J connectivity index is 2.89. The van der Waals surface area contributed by atoms with Gasteiger partial charge in [0.1, 0.15) is 17.2 Å². The summed E-state index contributed by atoms with van der Waals surface area (Å²) in [5.41, 5.74) is 7.73. The number of hydrogen-bond acceptors (Lipinski definition) is 2. The molecule has 0 spiro atoms. The number of nitrogen functional groups attached to an aromatic ring is 1. The Bertz CT molecular complexity index is 506. The maximum absolute atomic E-state index is 13.4. The minimum absolute atomic E-state index is 0.313. The van der Waals surface area contributed by atoms with E-state index in [0.29, 0.717) is 11.3 Å². The van der Waals surface area contributed by atoms with E-state index in [0.717, 1.165) is 16.5 Å². The molecule has 0 saturated heterocycles. The van der Waals surface area contributed by atoms with E-state index >= 15 is 0 Å². The van der Waals surface area contributed by atoms with E-state index in [4.69, 9.17) is 5.73 Å². The van der Waals surface area contributed by atoms with Crippen molar-refractivity contribution in [3.05, 3.63) is 35.1 Å². The van der Waals surface area contributed by atoms with E-state index in [1.54, 1.807) is 0 Å². The number of pyridine rings is 1. The van der Waals surface area contributed by atoms with Crippen molar-refractivity contribution in [2.45, 2.75) is 13.8 Å². The number of hydrogen-bond donors (Lipinski definition) is 1. The van der Waals surface area contributed by atoms with Crippen LogP contribution in [0, 0.1) is 19.7 Å². The molecule has 0 atom stereocenters. The first-order valence-corrected chi connectivity index (χ1v) is 4.41. The molecule has 0 saturated carbocycles. The summed E-state index contributed by atoms with van der Waals surface area (Å²) in [4.78, 5) is 4.02. The van der Waals surface area contributed by atoms with E-state index in [1.165, 1.54) is 6.07 Å². The van der Waals surface area contributed by atoms with Gasteiger partial charge in [0.15, 0.2) is 0 Å². The van der Waals surface area contributed by atoms with Gasteiger partial charge in [0.2, 0.25) is 0 Å². The molecule has 2 nitrogen and oxygen atoms in total. The molecule has 2 aromatic rings. The molecule has 0 aliphatic heterocycles. The van der Waals surface area contributed by atoms with Gasteiger partial charge in [0.05, 0.1) is 0 Å². The lowest BCUT2D eigenvalue weighted by Crippen LogP contribution is -1.96. The zero-order chi connectivity index (χ0) is 10.3. The van der Waals surface area contributed by atoms with Crippen LogP contribution in [0.1, 0.15) is 11.1 Å². The molecule has 0 bridgehead atoms. The standard InChI is InChI=1S/C11H11FN2/c1-6-3-8-5-7(2)11(13)14-10(8)9(12)4-6/h3-5H,1-2H3,(H2,13,14). The van der Waals surface area contributed by atoms with Crippen LogP contribution in [0.3, 0.4) is 0 Å². The maximum atomic E-state index is 13.4. The predicted molar refractivity (Wildman–Crippen MR) is 55.6 cm³/mol. The molecule has 0 unspecified atom stereocenters. The summed E-state index contributed by atoms with van der Waals surface area (Å²) in [5.74, 6) is 0.0759. The predicted octanol–water partition coefficient (Wildman–Crippen LogP) is 2.57. The molecule has 0 aliphatic carbocycles. The van der Waals surface area contributed by atoms with E-state index in [-0.39, 0.29) is 5.82 Å². The third-order valence-corrected chi connectivity index (χ3v) is 2.25. The van der Waals surface area contributed by atoms with Gasteiger partial charge in [-0.2, -0.15) is 0 Å². The minimum Gasteiger partial charge on any atom is -0.383 e. The van der Waals surface area contributed by atoms with Crippen molar-refractivity contribution < 1.29 is 4.39 Å². The number of fused-ring (bicyclic) bond motifs is 1. The highest BCUT2D eigenvalue weighted by Gasteiger charge is 2.05. The number of rotatable bonds is 0. The normalized spacial score (nSPS) is 10.8. The van der Waals surface area contributed by atoms with Gasteiger partial charge in [-0.1, -0.05) is 0 Å². The fourth-order valence-corrected chi connectivity index (χ4v) is 1.51. The van der Waals surface area contributed by atoms with Crippen molar-refractivity contribution in [2.24, 2.45) is 0 Å². The molecule has 2 N–H and O–H groups in total. The number of nitrogens with zero attached hydrogens (tertiary/aromatic N) is 1. The first-order chi connectivity index (χ1) is 6.58. The van der Waals surface area contributed by atoms with Crippen LogP contribution in [0.15, 0.2) is 18.2 Å². The summed E-state index contributed by atoms with van der Waals surface area (Å²) in [6.45, 7) is 3.72. The Morgan fingerprint density at radius 3 is 2.64 bits per heavy atom. The molecule has 0 amide bonds. The summed E-state index contributed by atoms with van der Waals surface area (Å²) < 4.78 is 13.4. The Morgan fingerprint density at radius 2 is 1.93 bits per heavy atom. The summed E-state index contributed by atoms with van der Waals surface area (Å²) in [6.07, 6.45) is 0. The van der Waals surface area contributed by atoms with Gasteiger partial charge < -0.3 is 5.73 Å². The van der Waals surface area contributed by atoms with Gasteiger partial charge in [-0.05, 0) is 43.2 Å². The number of benzene rings is 1. The zero-order valence-corrected chi connectivity index (χ0v) is 8.13. The number of aromatic nitrogens is 1. The Hall–Kier alpha value is -1.64. The molecule has 72 valence electrons. The monoisotopic (exact) mass is 190 g/mol. The number of nitrogens with two attached hydrogens (primary N) is 1. The molecule has 1 heterocycles. The van der Waals surface area contributed by atoms with Gasteiger partial charge in [0, 0.05) is 5.39 Å². The summed E-state index contributed by atoms with van der Waals surface area (Å²) >= 11 is 0. The third-order valence-electron chi connectivity index (χ3n) is 2.25. The lowest BCUT2D eigenvalue weighted by Gasteiger charge is -2.04. The van der Waals surface area contributed by atoms with Gasteiger partial charge in [-0.25, -0.2) is 9.37 Å². The largest absolute Gasteiger partial charge is 0.383 e. The average molecular weight is 190 g/mol. The van der Waals surface area contributed by atoms with E-state index in [1.807, 2.05) is 26.0 Å². The summed E-state index contributed by atoms with van der Waals surface area (Å²) in [5, 5.41) is 0.800. The molecular formula is C11H11FN2. The lowest BCUT2D eigenvalue weighted by atomic mass is 10.1. The smallest absolute Gasteiger partial charge is 0.149 e. The van der Waals surface area contributed by atoms with E-state index in [2.05, 4.69) is 4.98 Å². The van der Waals surface area contributed by atoms with Gasteiger partial charge >= 0.3 is 0 Å². The first kappa shape index (κ1) is 8.94. The van der Waals surface area contributed by atoms with Gasteiger partial charge in [-0.15, -0.1) is 0 Å². The van der Waals surface area contributed by atoms with E-state index in [9.17, 15) is 4.39 Å². The number of halogens is 1. The van der Waals surface area contributed by atoms with Crippen LogP contribution >= 0.6 is 0 Å². The maximum Gasteiger partial charge on any atom is 0.149 e. The SMILES string of the molecule is Cc1cc(F)c2nc(N)c(C)cc2c1. The molecule has 3 heteroatoms. The molecule has 1 aromatic carbocycles. The molecule has 2 rings (SSSR count). The highest BCUT2D eigenvalue weighted by atomic mass is 19.1. The van der Waals surface area contributed by atoms with Crippen molar-refractivity contribution in [1.82, 2.24) is 4.98 Å². The molecular weight excluding hydrogens is 179 g/mol. The fourth-order valence-electron chi connectivity index (χ4n) is 1.51. The van der Waals surface area contributed by atoms with Crippen LogP contribution in [0.4, 0.5) is 10.2 Å². The highest BCUT2D eigenvalue weighted by Crippen LogP contribution is 2.21. The molecule has 1 aromatic heterocycles. The first-order valence-electron chi connectivity index (χ1n) is 4.41. The minimum atomic E-state index is -0.313. The lowest BCUT2D eigenvalue weighted by molar-refractivity contribution is 0.636. The summed E-state index contributed by atoms with van der Waals surface area (Å²) in [6, 6.07) is 5.22. The number of aryl methyl sites for hydroxylation is 2. The average Bonchev–Trinajstić information content (AvgIpc) is 2.08. The van der Waals surface area contributed by atoms with Crippen molar-refractivity contribution in [3.63, 3.8) is 0 Å². The highest BCUT2D eigenvalue weighted by molar-refractivity contribution is 5.82. The van der Waals surface area contributed by atoms with Crippen molar-refractivity contribution in [2.75, 3.05) is 5.73 Å². The molecule has 0 aliphatic rings. The molecule has 0 fully saturated rings. The fraction of sp³-hybridized carbons (Fsp3) is 0.182. The van der Waals surface area contributed by atoms with Crippen LogP contribution in [-0.2, 0) is 0 Å². The van der Waals surface area contributed by atoms with Crippen LogP contribution in [0.25, 0.3) is 10.9 Å². The Labute approximate surface area is 81.6 Å². The quantitative estimate of drug-likeness (QED) is 0.693. The van der Waals surface area contributed by atoms with Crippen molar-refractivity contribution in [1.29, 1.82) is 0 Å². The molecule has 0 radical (unpaired) electrons. The second-order valence-corrected chi connectivity index (χ2v) is 3.51. The van der Waals surface area contributed by atoms with Gasteiger partial charge in [-0.3, -0.25) is 0 Å². The van der Waals surface area contributed by atoms with Crippen LogP contribution < -0.4 is 5.73 Å².